The van der Waals surface area contributed by atoms with Crippen LogP contribution in [0, 0.1) is 5.92 Å². The molecule has 0 spiro atoms. The van der Waals surface area contributed by atoms with Crippen LogP contribution in [-0.2, 0) is 4.79 Å². The molecule has 1 aromatic carbocycles. The molecule has 0 unspecified atom stereocenters. The molecule has 3 N–H and O–H groups in total. The van der Waals surface area contributed by atoms with E-state index in [1.165, 1.54) is 4.88 Å². The van der Waals surface area contributed by atoms with Crippen molar-refractivity contribution in [3.63, 3.8) is 0 Å². The molecule has 6 aromatic rings. The van der Waals surface area contributed by atoms with Crippen molar-refractivity contribution < 1.29 is 4.79 Å². The van der Waals surface area contributed by atoms with E-state index in [0.717, 1.165) is 74.8 Å². The van der Waals surface area contributed by atoms with Crippen molar-refractivity contribution in [1.82, 2.24) is 25.1 Å². The molecule has 0 bridgehead atoms. The topological polar surface area (TPSA) is 99.3 Å². The van der Waals surface area contributed by atoms with Gasteiger partial charge in [-0.2, -0.15) is 5.10 Å². The van der Waals surface area contributed by atoms with Gasteiger partial charge < -0.3 is 10.3 Å². The number of thiophene rings is 1. The van der Waals surface area contributed by atoms with Gasteiger partial charge in [0, 0.05) is 45.1 Å². The molecular formula is C28H22N6OS. The van der Waals surface area contributed by atoms with Crippen molar-refractivity contribution in [2.24, 2.45) is 5.92 Å². The third-order valence-electron chi connectivity index (χ3n) is 6.97. The highest BCUT2D eigenvalue weighted by molar-refractivity contribution is 7.13. The number of carbonyl (C=O) groups excluding carboxylic acids is 1. The van der Waals surface area contributed by atoms with Crippen LogP contribution in [-0.4, -0.2) is 31.1 Å². The lowest BCUT2D eigenvalue weighted by molar-refractivity contribution is -0.122. The first-order valence-corrected chi connectivity index (χ1v) is 12.9. The number of hydrogen-bond donors (Lipinski definition) is 3. The minimum absolute atomic E-state index is 0.0861. The Morgan fingerprint density at radius 2 is 1.86 bits per heavy atom. The van der Waals surface area contributed by atoms with Gasteiger partial charge in [0.25, 0.3) is 0 Å². The average molecular weight is 491 g/mol. The van der Waals surface area contributed by atoms with E-state index in [-0.39, 0.29) is 11.8 Å². The van der Waals surface area contributed by atoms with Crippen LogP contribution in [0.1, 0.15) is 19.3 Å². The molecule has 5 aromatic heterocycles. The second kappa shape index (κ2) is 8.42. The molecule has 1 fully saturated rings. The highest BCUT2D eigenvalue weighted by Gasteiger charge is 2.25. The van der Waals surface area contributed by atoms with Gasteiger partial charge in [-0.25, -0.2) is 0 Å². The molecule has 1 aliphatic rings. The minimum Gasteiger partial charge on any atom is -0.352 e. The second-order valence-electron chi connectivity index (χ2n) is 9.22. The van der Waals surface area contributed by atoms with Crippen LogP contribution in [0.3, 0.4) is 0 Å². The molecule has 0 radical (unpaired) electrons. The van der Waals surface area contributed by atoms with E-state index in [2.05, 4.69) is 60.1 Å². The third kappa shape index (κ3) is 3.58. The summed E-state index contributed by atoms with van der Waals surface area (Å²) in [4.78, 5) is 25.9. The van der Waals surface area contributed by atoms with E-state index in [1.54, 1.807) is 17.5 Å². The number of pyridine rings is 2. The molecule has 0 saturated heterocycles. The van der Waals surface area contributed by atoms with Gasteiger partial charge in [-0.15, -0.1) is 11.3 Å². The Morgan fingerprint density at radius 1 is 0.944 bits per heavy atom. The van der Waals surface area contributed by atoms with E-state index in [4.69, 9.17) is 0 Å². The van der Waals surface area contributed by atoms with E-state index >= 15 is 0 Å². The molecule has 5 heterocycles. The van der Waals surface area contributed by atoms with E-state index in [1.807, 2.05) is 36.8 Å². The van der Waals surface area contributed by atoms with E-state index < -0.39 is 0 Å². The molecule has 8 heteroatoms. The van der Waals surface area contributed by atoms with Gasteiger partial charge in [0.1, 0.15) is 5.69 Å². The van der Waals surface area contributed by atoms with Gasteiger partial charge in [-0.3, -0.25) is 19.9 Å². The molecule has 0 atom stereocenters. The first kappa shape index (κ1) is 21.0. The van der Waals surface area contributed by atoms with Gasteiger partial charge in [-0.05, 0) is 54.1 Å². The predicted molar refractivity (Wildman–Crippen MR) is 144 cm³/mol. The Balaban J connectivity index is 1.26. The summed E-state index contributed by atoms with van der Waals surface area (Å²) in [7, 11) is 0. The number of carbonyl (C=O) groups is 1. The lowest BCUT2D eigenvalue weighted by atomic mass is 9.85. The van der Waals surface area contributed by atoms with Crippen LogP contribution in [0.25, 0.3) is 54.8 Å². The highest BCUT2D eigenvalue weighted by atomic mass is 32.1. The fraction of sp³-hybridized carbons (Fsp3) is 0.143. The van der Waals surface area contributed by atoms with E-state index in [9.17, 15) is 4.79 Å². The summed E-state index contributed by atoms with van der Waals surface area (Å²) in [5.74, 6) is 0.216. The van der Waals surface area contributed by atoms with Gasteiger partial charge in [0.15, 0.2) is 0 Å². The smallest absolute Gasteiger partial charge is 0.227 e. The van der Waals surface area contributed by atoms with Gasteiger partial charge in [0.05, 0.1) is 34.8 Å². The maximum absolute atomic E-state index is 12.4. The average Bonchev–Trinajstić information content (AvgIpc) is 3.61. The number of nitrogens with zero attached hydrogens (tertiary/aromatic N) is 3. The van der Waals surface area contributed by atoms with Gasteiger partial charge in [-0.1, -0.05) is 18.6 Å². The number of benzene rings is 1. The summed E-state index contributed by atoms with van der Waals surface area (Å²) in [6.07, 6.45) is 10.4. The van der Waals surface area contributed by atoms with Crippen LogP contribution in [0.5, 0.6) is 0 Å². The first-order chi connectivity index (χ1) is 17.7. The van der Waals surface area contributed by atoms with Crippen LogP contribution in [0.15, 0.2) is 72.6 Å². The zero-order valence-corrected chi connectivity index (χ0v) is 20.1. The van der Waals surface area contributed by atoms with Crippen LogP contribution in [0.4, 0.5) is 5.69 Å². The molecule has 1 saturated carbocycles. The van der Waals surface area contributed by atoms with Crippen molar-refractivity contribution >= 4 is 44.7 Å². The molecule has 0 aliphatic heterocycles. The summed E-state index contributed by atoms with van der Waals surface area (Å²) in [5, 5.41) is 15.0. The summed E-state index contributed by atoms with van der Waals surface area (Å²) in [5.41, 5.74) is 7.49. The van der Waals surface area contributed by atoms with Gasteiger partial charge >= 0.3 is 0 Å². The SMILES string of the molecule is O=C(Nc1cncc(-c2ccc3[nH]nc(-c4cc5c(-c6cccs6)cncc5[nH]4)c3c2)c1)C1CCC1. The molecule has 7 rings (SSSR count). The van der Waals surface area contributed by atoms with E-state index in [0.29, 0.717) is 0 Å². The summed E-state index contributed by atoms with van der Waals surface area (Å²) < 4.78 is 0. The Hall–Kier alpha value is -4.30. The zero-order valence-electron chi connectivity index (χ0n) is 19.3. The zero-order chi connectivity index (χ0) is 24.1. The Kier molecular flexibility index (Phi) is 4.92. The predicted octanol–water partition coefficient (Wildman–Crippen LogP) is 6.64. The molecule has 1 aliphatic carbocycles. The van der Waals surface area contributed by atoms with Crippen molar-refractivity contribution in [3.05, 3.63) is 72.6 Å². The van der Waals surface area contributed by atoms with Crippen molar-refractivity contribution in [1.29, 1.82) is 0 Å². The quantitative estimate of drug-likeness (QED) is 0.252. The third-order valence-corrected chi connectivity index (χ3v) is 7.87. The Morgan fingerprint density at radius 3 is 2.69 bits per heavy atom. The molecule has 176 valence electrons. The van der Waals surface area contributed by atoms with Crippen molar-refractivity contribution in [3.8, 4) is 33.0 Å². The van der Waals surface area contributed by atoms with Gasteiger partial charge in [0.2, 0.25) is 5.91 Å². The maximum atomic E-state index is 12.4. The van der Waals surface area contributed by atoms with Crippen LogP contribution >= 0.6 is 11.3 Å². The number of fused-ring (bicyclic) bond motifs is 2. The number of anilines is 1. The standard InChI is InChI=1S/C28H22N6OS/c35-28(16-3-1-4-16)31-19-9-18(12-29-13-19)17-6-7-23-21(10-17)27(34-33-23)24-11-20-22(26-5-2-8-36-26)14-30-15-25(20)32-24/h2,5-16,32H,1,3-4H2,(H,31,35)(H,33,34). The Bertz CT molecular complexity index is 1730. The second-order valence-corrected chi connectivity index (χ2v) is 10.2. The number of aromatic amines is 2. The lowest BCUT2D eigenvalue weighted by Crippen LogP contribution is -2.28. The fourth-order valence-corrected chi connectivity index (χ4v) is 5.54. The summed E-state index contributed by atoms with van der Waals surface area (Å²) >= 11 is 1.70. The molecule has 36 heavy (non-hydrogen) atoms. The maximum Gasteiger partial charge on any atom is 0.227 e. The minimum atomic E-state index is 0.0861. The largest absolute Gasteiger partial charge is 0.352 e. The van der Waals surface area contributed by atoms with Crippen molar-refractivity contribution in [2.45, 2.75) is 19.3 Å². The fourth-order valence-electron chi connectivity index (χ4n) is 4.79. The number of amides is 1. The number of hydrogen-bond acceptors (Lipinski definition) is 5. The number of rotatable bonds is 5. The summed E-state index contributed by atoms with van der Waals surface area (Å²) in [6, 6.07) is 14.5. The summed E-state index contributed by atoms with van der Waals surface area (Å²) in [6.45, 7) is 0. The normalized spacial score (nSPS) is 13.8. The lowest BCUT2D eigenvalue weighted by Gasteiger charge is -2.24. The monoisotopic (exact) mass is 490 g/mol. The van der Waals surface area contributed by atoms with Crippen LogP contribution in [0.2, 0.25) is 0 Å². The molecule has 1 amide bonds. The Labute approximate surface area is 210 Å². The highest BCUT2D eigenvalue weighted by Crippen LogP contribution is 2.36. The number of H-pyrrole nitrogens is 2. The molecular weight excluding hydrogens is 468 g/mol. The molecule has 7 nitrogen and oxygen atoms in total. The first-order valence-electron chi connectivity index (χ1n) is 12.0. The van der Waals surface area contributed by atoms with Crippen molar-refractivity contribution in [2.75, 3.05) is 5.32 Å². The van der Waals surface area contributed by atoms with Crippen LogP contribution < -0.4 is 5.32 Å². The number of aromatic nitrogens is 5. The number of nitrogens with one attached hydrogen (secondary N) is 3.